The molecule has 1 fully saturated rings. The van der Waals surface area contributed by atoms with E-state index < -0.39 is 7.75 Å². The monoisotopic (exact) mass is 179 g/mol. The third-order valence-electron chi connectivity index (χ3n) is 1.58. The molecule has 1 aliphatic rings. The molecule has 1 saturated heterocycles. The maximum Gasteiger partial charge on any atom is 0.405 e. The SMILES string of the molecule is CNP1(=O)OC(C)CC(C)O1. The summed E-state index contributed by atoms with van der Waals surface area (Å²) in [5, 5.41) is 2.55. The van der Waals surface area contributed by atoms with Gasteiger partial charge in [0.2, 0.25) is 0 Å². The van der Waals surface area contributed by atoms with Crippen molar-refractivity contribution in [2.24, 2.45) is 0 Å². The maximum atomic E-state index is 11.5. The minimum absolute atomic E-state index is 0.0111. The third kappa shape index (κ3) is 2.27. The average Bonchev–Trinajstić information content (AvgIpc) is 1.84. The van der Waals surface area contributed by atoms with E-state index in [-0.39, 0.29) is 12.2 Å². The second-order valence-corrected chi connectivity index (χ2v) is 4.65. The van der Waals surface area contributed by atoms with Crippen LogP contribution in [-0.2, 0) is 13.6 Å². The van der Waals surface area contributed by atoms with Gasteiger partial charge in [0.1, 0.15) is 0 Å². The highest BCUT2D eigenvalue weighted by Gasteiger charge is 2.33. The molecule has 0 bridgehead atoms. The number of hydrogen-bond acceptors (Lipinski definition) is 3. The van der Waals surface area contributed by atoms with Crippen LogP contribution in [-0.4, -0.2) is 19.3 Å². The molecule has 66 valence electrons. The highest BCUT2D eigenvalue weighted by Crippen LogP contribution is 2.49. The molecule has 0 radical (unpaired) electrons. The molecule has 11 heavy (non-hydrogen) atoms. The molecule has 2 unspecified atom stereocenters. The van der Waals surface area contributed by atoms with Gasteiger partial charge in [0, 0.05) is 6.42 Å². The Bertz CT molecular complexity index is 171. The summed E-state index contributed by atoms with van der Waals surface area (Å²) >= 11 is 0. The van der Waals surface area contributed by atoms with Gasteiger partial charge in [-0.3, -0.25) is 9.05 Å². The van der Waals surface area contributed by atoms with Crippen LogP contribution in [0.25, 0.3) is 0 Å². The Morgan fingerprint density at radius 2 is 1.82 bits per heavy atom. The van der Waals surface area contributed by atoms with Gasteiger partial charge in [-0.2, -0.15) is 0 Å². The molecular weight excluding hydrogens is 165 g/mol. The summed E-state index contributed by atoms with van der Waals surface area (Å²) in [6, 6.07) is 0. The van der Waals surface area contributed by atoms with Gasteiger partial charge in [0.05, 0.1) is 12.2 Å². The molecule has 1 aliphatic heterocycles. The first-order valence-corrected chi connectivity index (χ1v) is 5.26. The lowest BCUT2D eigenvalue weighted by Crippen LogP contribution is -2.28. The number of hydrogen-bond donors (Lipinski definition) is 1. The smallest absolute Gasteiger partial charge is 0.294 e. The second kappa shape index (κ2) is 3.23. The topological polar surface area (TPSA) is 47.6 Å². The zero-order chi connectivity index (χ0) is 8.48. The molecule has 1 rings (SSSR count). The van der Waals surface area contributed by atoms with Crippen molar-refractivity contribution in [1.82, 2.24) is 5.09 Å². The summed E-state index contributed by atoms with van der Waals surface area (Å²) < 4.78 is 21.7. The minimum Gasteiger partial charge on any atom is -0.294 e. The van der Waals surface area contributed by atoms with Crippen LogP contribution in [0.4, 0.5) is 0 Å². The molecule has 0 aromatic heterocycles. The van der Waals surface area contributed by atoms with Crippen LogP contribution in [0.3, 0.4) is 0 Å². The summed E-state index contributed by atoms with van der Waals surface area (Å²) in [5.41, 5.74) is 0. The van der Waals surface area contributed by atoms with Gasteiger partial charge in [-0.05, 0) is 20.9 Å². The molecule has 1 N–H and O–H groups in total. The van der Waals surface area contributed by atoms with Gasteiger partial charge in [0.25, 0.3) is 0 Å². The van der Waals surface area contributed by atoms with E-state index in [9.17, 15) is 4.57 Å². The van der Waals surface area contributed by atoms with Crippen molar-refractivity contribution in [3.63, 3.8) is 0 Å². The summed E-state index contributed by atoms with van der Waals surface area (Å²) in [4.78, 5) is 0. The summed E-state index contributed by atoms with van der Waals surface area (Å²) in [5.74, 6) is 0. The number of nitrogens with one attached hydrogen (secondary N) is 1. The van der Waals surface area contributed by atoms with Crippen molar-refractivity contribution in [2.75, 3.05) is 7.05 Å². The zero-order valence-corrected chi connectivity index (χ0v) is 7.93. The Kier molecular flexibility index (Phi) is 2.70. The number of rotatable bonds is 1. The Hall–Kier alpha value is 0.110. The molecule has 4 nitrogen and oxygen atoms in total. The van der Waals surface area contributed by atoms with Crippen LogP contribution in [0, 0.1) is 0 Å². The first-order chi connectivity index (χ1) is 5.06. The summed E-state index contributed by atoms with van der Waals surface area (Å²) in [7, 11) is -1.38. The Morgan fingerprint density at radius 1 is 1.36 bits per heavy atom. The van der Waals surface area contributed by atoms with Crippen LogP contribution in [0.15, 0.2) is 0 Å². The average molecular weight is 179 g/mol. The van der Waals surface area contributed by atoms with Crippen LogP contribution < -0.4 is 5.09 Å². The van der Waals surface area contributed by atoms with Crippen molar-refractivity contribution in [3.05, 3.63) is 0 Å². The van der Waals surface area contributed by atoms with Gasteiger partial charge in [-0.25, -0.2) is 9.65 Å². The van der Waals surface area contributed by atoms with Crippen molar-refractivity contribution in [3.8, 4) is 0 Å². The van der Waals surface area contributed by atoms with E-state index in [0.29, 0.717) is 0 Å². The largest absolute Gasteiger partial charge is 0.405 e. The highest BCUT2D eigenvalue weighted by molar-refractivity contribution is 7.51. The molecule has 5 heteroatoms. The van der Waals surface area contributed by atoms with Crippen LogP contribution in [0.5, 0.6) is 0 Å². The van der Waals surface area contributed by atoms with E-state index in [2.05, 4.69) is 5.09 Å². The molecule has 0 aliphatic carbocycles. The molecule has 0 amide bonds. The van der Waals surface area contributed by atoms with E-state index in [1.807, 2.05) is 13.8 Å². The fourth-order valence-electron chi connectivity index (χ4n) is 1.16. The molecule has 0 saturated carbocycles. The van der Waals surface area contributed by atoms with Gasteiger partial charge in [-0.1, -0.05) is 0 Å². The lowest BCUT2D eigenvalue weighted by Gasteiger charge is -2.30. The van der Waals surface area contributed by atoms with Gasteiger partial charge in [-0.15, -0.1) is 0 Å². The molecule has 0 aromatic rings. The second-order valence-electron chi connectivity index (χ2n) is 2.79. The predicted octanol–water partition coefficient (Wildman–Crippen LogP) is 1.53. The summed E-state index contributed by atoms with van der Waals surface area (Å²) in [6.07, 6.45) is 0.820. The van der Waals surface area contributed by atoms with Crippen LogP contribution in [0.1, 0.15) is 20.3 Å². The van der Waals surface area contributed by atoms with Crippen molar-refractivity contribution >= 4 is 7.75 Å². The summed E-state index contributed by atoms with van der Waals surface area (Å²) in [6.45, 7) is 3.78. The van der Waals surface area contributed by atoms with Crippen molar-refractivity contribution in [2.45, 2.75) is 32.5 Å². The maximum absolute atomic E-state index is 11.5. The van der Waals surface area contributed by atoms with Crippen LogP contribution >= 0.6 is 7.75 Å². The van der Waals surface area contributed by atoms with E-state index in [4.69, 9.17) is 9.05 Å². The third-order valence-corrected chi connectivity index (χ3v) is 3.40. The zero-order valence-electron chi connectivity index (χ0n) is 7.03. The predicted molar refractivity (Wildman–Crippen MR) is 42.4 cm³/mol. The molecule has 2 atom stereocenters. The molecule has 1 heterocycles. The van der Waals surface area contributed by atoms with Gasteiger partial charge in [0.15, 0.2) is 0 Å². The van der Waals surface area contributed by atoms with Crippen molar-refractivity contribution in [1.29, 1.82) is 0 Å². The normalized spacial score (nSPS) is 45.7. The lowest BCUT2D eigenvalue weighted by molar-refractivity contribution is 0.0446. The highest BCUT2D eigenvalue weighted by atomic mass is 31.2. The van der Waals surface area contributed by atoms with Crippen LogP contribution in [0.2, 0.25) is 0 Å². The lowest BCUT2D eigenvalue weighted by atomic mass is 10.2. The fraction of sp³-hybridized carbons (Fsp3) is 1.00. The Morgan fingerprint density at radius 3 is 2.18 bits per heavy atom. The van der Waals surface area contributed by atoms with E-state index in [1.165, 1.54) is 0 Å². The Balaban J connectivity index is 2.63. The van der Waals surface area contributed by atoms with E-state index in [1.54, 1.807) is 7.05 Å². The first-order valence-electron chi connectivity index (χ1n) is 3.71. The standard InChI is InChI=1S/C6H14NO3P/c1-5-4-6(2)10-11(8,7-3)9-5/h5-6H,4H2,1-3H3,(H,7,8). The van der Waals surface area contributed by atoms with Gasteiger partial charge >= 0.3 is 7.75 Å². The van der Waals surface area contributed by atoms with E-state index >= 15 is 0 Å². The quantitative estimate of drug-likeness (QED) is 0.620. The van der Waals surface area contributed by atoms with E-state index in [0.717, 1.165) is 6.42 Å². The molecule has 0 aromatic carbocycles. The first kappa shape index (κ1) is 9.20. The fourth-order valence-corrected chi connectivity index (χ4v) is 2.54. The van der Waals surface area contributed by atoms with Crippen molar-refractivity contribution < 1.29 is 13.6 Å². The van der Waals surface area contributed by atoms with Gasteiger partial charge < -0.3 is 0 Å². The Labute approximate surface area is 66.9 Å². The molecule has 0 spiro atoms. The minimum atomic E-state index is -2.96. The molecular formula is C6H14NO3P.